The molecule has 0 saturated carbocycles. The first-order chi connectivity index (χ1) is 9.35. The van der Waals surface area contributed by atoms with Crippen molar-refractivity contribution in [2.24, 2.45) is 0 Å². The number of ether oxygens (including phenoxy) is 1. The Morgan fingerprint density at radius 3 is 2.60 bits per heavy atom. The largest absolute Gasteiger partial charge is 0.487 e. The summed E-state index contributed by atoms with van der Waals surface area (Å²) in [5.41, 5.74) is -1.20. The molecule has 0 aromatic heterocycles. The molecule has 1 heterocycles. The van der Waals surface area contributed by atoms with Gasteiger partial charge < -0.3 is 9.84 Å². The van der Waals surface area contributed by atoms with E-state index in [2.05, 4.69) is 0 Å². The normalized spacial score (nSPS) is 28.2. The van der Waals surface area contributed by atoms with Crippen molar-refractivity contribution in [2.45, 2.75) is 32.0 Å². The SMILES string of the molecule is CCS(=O)(=O)N1CC[C@H](Oc2ccccc2)[C@@](C)(O)C1. The Bertz CT molecular complexity index is 542. The van der Waals surface area contributed by atoms with Gasteiger partial charge in [0.1, 0.15) is 17.5 Å². The van der Waals surface area contributed by atoms with Gasteiger partial charge in [-0.05, 0) is 26.0 Å². The summed E-state index contributed by atoms with van der Waals surface area (Å²) in [6, 6.07) is 9.26. The number of aliphatic hydroxyl groups is 1. The lowest BCUT2D eigenvalue weighted by molar-refractivity contribution is -0.0814. The van der Waals surface area contributed by atoms with Crippen LogP contribution < -0.4 is 4.74 Å². The molecule has 5 nitrogen and oxygen atoms in total. The zero-order valence-corrected chi connectivity index (χ0v) is 12.6. The molecule has 1 aliphatic heterocycles. The molecule has 6 heteroatoms. The van der Waals surface area contributed by atoms with Crippen molar-refractivity contribution in [2.75, 3.05) is 18.8 Å². The Morgan fingerprint density at radius 1 is 1.40 bits per heavy atom. The predicted molar refractivity (Wildman–Crippen MR) is 77.1 cm³/mol. The molecule has 0 aliphatic carbocycles. The topological polar surface area (TPSA) is 66.8 Å². The maximum atomic E-state index is 11.9. The molecule has 1 fully saturated rings. The molecule has 2 atom stereocenters. The first-order valence-corrected chi connectivity index (χ1v) is 8.38. The van der Waals surface area contributed by atoms with Gasteiger partial charge >= 0.3 is 0 Å². The lowest BCUT2D eigenvalue weighted by atomic mass is 9.93. The van der Waals surface area contributed by atoms with E-state index in [1.54, 1.807) is 13.8 Å². The zero-order chi connectivity index (χ0) is 14.8. The van der Waals surface area contributed by atoms with E-state index in [1.807, 2.05) is 30.3 Å². The quantitative estimate of drug-likeness (QED) is 0.908. The number of hydrogen-bond donors (Lipinski definition) is 1. The third-order valence-electron chi connectivity index (χ3n) is 3.61. The Labute approximate surface area is 120 Å². The number of hydrogen-bond acceptors (Lipinski definition) is 4. The van der Waals surface area contributed by atoms with Gasteiger partial charge in [0.15, 0.2) is 0 Å². The lowest BCUT2D eigenvalue weighted by Gasteiger charge is -2.41. The van der Waals surface area contributed by atoms with Crippen molar-refractivity contribution in [3.8, 4) is 5.75 Å². The highest BCUT2D eigenvalue weighted by molar-refractivity contribution is 7.89. The van der Waals surface area contributed by atoms with Gasteiger partial charge in [0, 0.05) is 19.5 Å². The average molecular weight is 299 g/mol. The second kappa shape index (κ2) is 5.71. The second-order valence-corrected chi connectivity index (χ2v) is 7.56. The molecule has 1 aromatic rings. The number of β-amino-alcohol motifs (C(OH)–C–C–N with tert-alkyl or cyclic N) is 1. The second-order valence-electron chi connectivity index (χ2n) is 5.30. The van der Waals surface area contributed by atoms with Crippen molar-refractivity contribution in [3.05, 3.63) is 30.3 Å². The summed E-state index contributed by atoms with van der Waals surface area (Å²) >= 11 is 0. The third kappa shape index (κ3) is 3.31. The molecule has 0 spiro atoms. The van der Waals surface area contributed by atoms with Crippen LogP contribution in [0.15, 0.2) is 30.3 Å². The number of piperidine rings is 1. The van der Waals surface area contributed by atoms with Crippen molar-refractivity contribution < 1.29 is 18.3 Å². The minimum atomic E-state index is -3.27. The molecule has 1 aliphatic rings. The van der Waals surface area contributed by atoms with Crippen LogP contribution in [0.4, 0.5) is 0 Å². The fourth-order valence-corrected chi connectivity index (χ4v) is 3.59. The summed E-state index contributed by atoms with van der Waals surface area (Å²) in [6.45, 7) is 3.68. The summed E-state index contributed by atoms with van der Waals surface area (Å²) < 4.78 is 30.9. The third-order valence-corrected chi connectivity index (χ3v) is 5.44. The molecular weight excluding hydrogens is 278 g/mol. The minimum absolute atomic E-state index is 0.0489. The molecule has 20 heavy (non-hydrogen) atoms. The van der Waals surface area contributed by atoms with Gasteiger partial charge in [0.25, 0.3) is 0 Å². The van der Waals surface area contributed by atoms with Crippen LogP contribution >= 0.6 is 0 Å². The van der Waals surface area contributed by atoms with Crippen LogP contribution in [0.3, 0.4) is 0 Å². The maximum absolute atomic E-state index is 11.9. The van der Waals surface area contributed by atoms with Crippen molar-refractivity contribution >= 4 is 10.0 Å². The van der Waals surface area contributed by atoms with Gasteiger partial charge in [-0.2, -0.15) is 4.31 Å². The first-order valence-electron chi connectivity index (χ1n) is 6.77. The van der Waals surface area contributed by atoms with Crippen LogP contribution in [0.2, 0.25) is 0 Å². The van der Waals surface area contributed by atoms with E-state index in [1.165, 1.54) is 4.31 Å². The highest BCUT2D eigenvalue weighted by Crippen LogP contribution is 2.27. The molecule has 0 unspecified atom stereocenters. The fourth-order valence-electron chi connectivity index (χ4n) is 2.38. The van der Waals surface area contributed by atoms with Gasteiger partial charge in [0.2, 0.25) is 10.0 Å². The Kier molecular flexibility index (Phi) is 4.36. The monoisotopic (exact) mass is 299 g/mol. The highest BCUT2D eigenvalue weighted by Gasteiger charge is 2.42. The summed E-state index contributed by atoms with van der Waals surface area (Å²) in [4.78, 5) is 0. The van der Waals surface area contributed by atoms with E-state index in [4.69, 9.17) is 4.74 Å². The standard InChI is InChI=1S/C14H21NO4S/c1-3-20(17,18)15-10-9-13(14(2,16)11-15)19-12-7-5-4-6-8-12/h4-8,13,16H,3,9-11H2,1-2H3/t13-,14-/m0/s1. The van der Waals surface area contributed by atoms with Crippen LogP contribution in [0, 0.1) is 0 Å². The molecule has 2 rings (SSSR count). The van der Waals surface area contributed by atoms with Crippen LogP contribution in [0.5, 0.6) is 5.75 Å². The molecule has 0 radical (unpaired) electrons. The van der Waals surface area contributed by atoms with E-state index in [0.717, 1.165) is 0 Å². The summed E-state index contributed by atoms with van der Waals surface area (Å²) in [5.74, 6) is 0.734. The Morgan fingerprint density at radius 2 is 2.05 bits per heavy atom. The predicted octanol–water partition coefficient (Wildman–Crippen LogP) is 1.24. The molecule has 1 saturated heterocycles. The van der Waals surface area contributed by atoms with Gasteiger partial charge in [-0.3, -0.25) is 0 Å². The number of nitrogens with zero attached hydrogens (tertiary/aromatic N) is 1. The molecular formula is C14H21NO4S. The van der Waals surface area contributed by atoms with Crippen LogP contribution in [-0.4, -0.2) is 48.4 Å². The number of benzene rings is 1. The number of sulfonamides is 1. The van der Waals surface area contributed by atoms with E-state index in [-0.39, 0.29) is 12.3 Å². The van der Waals surface area contributed by atoms with Crippen molar-refractivity contribution in [1.29, 1.82) is 0 Å². The Balaban J connectivity index is 2.09. The van der Waals surface area contributed by atoms with E-state index >= 15 is 0 Å². The maximum Gasteiger partial charge on any atom is 0.213 e. The average Bonchev–Trinajstić information content (AvgIpc) is 2.42. The van der Waals surface area contributed by atoms with Crippen LogP contribution in [-0.2, 0) is 10.0 Å². The fraction of sp³-hybridized carbons (Fsp3) is 0.571. The van der Waals surface area contributed by atoms with Crippen LogP contribution in [0.1, 0.15) is 20.3 Å². The highest BCUT2D eigenvalue weighted by atomic mass is 32.2. The van der Waals surface area contributed by atoms with Gasteiger partial charge in [-0.25, -0.2) is 8.42 Å². The van der Waals surface area contributed by atoms with E-state index in [9.17, 15) is 13.5 Å². The summed E-state index contributed by atoms with van der Waals surface area (Å²) in [5, 5.41) is 10.5. The van der Waals surface area contributed by atoms with Crippen molar-refractivity contribution in [1.82, 2.24) is 4.31 Å². The molecule has 0 bridgehead atoms. The van der Waals surface area contributed by atoms with E-state index in [0.29, 0.717) is 18.7 Å². The molecule has 1 aromatic carbocycles. The van der Waals surface area contributed by atoms with Crippen LogP contribution in [0.25, 0.3) is 0 Å². The van der Waals surface area contributed by atoms with Crippen molar-refractivity contribution in [3.63, 3.8) is 0 Å². The number of rotatable bonds is 4. The molecule has 1 N–H and O–H groups in total. The van der Waals surface area contributed by atoms with Gasteiger partial charge in [-0.1, -0.05) is 18.2 Å². The smallest absolute Gasteiger partial charge is 0.213 e. The first kappa shape index (κ1) is 15.3. The summed E-state index contributed by atoms with van der Waals surface area (Å²) in [7, 11) is -3.27. The molecule has 112 valence electrons. The minimum Gasteiger partial charge on any atom is -0.487 e. The Hall–Kier alpha value is -1.11. The summed E-state index contributed by atoms with van der Waals surface area (Å²) in [6.07, 6.45) is 0.0643. The van der Waals surface area contributed by atoms with Gasteiger partial charge in [0.05, 0.1) is 5.75 Å². The number of para-hydroxylation sites is 1. The zero-order valence-electron chi connectivity index (χ0n) is 11.8. The van der Waals surface area contributed by atoms with Gasteiger partial charge in [-0.15, -0.1) is 0 Å². The molecule has 0 amide bonds. The lowest BCUT2D eigenvalue weighted by Crippen LogP contribution is -2.58. The van der Waals surface area contributed by atoms with E-state index < -0.39 is 21.7 Å².